The monoisotopic (exact) mass is 374 g/mol. The van der Waals surface area contributed by atoms with Gasteiger partial charge in [0.2, 0.25) is 0 Å². The second-order valence-electron chi connectivity index (χ2n) is 6.83. The van der Waals surface area contributed by atoms with Crippen LogP contribution in [0.4, 0.5) is 0 Å². The molecule has 3 heteroatoms. The molecule has 0 unspecified atom stereocenters. The number of carbonyl (C=O) groups excluding carboxylic acids is 1. The van der Waals surface area contributed by atoms with Crippen LogP contribution in [0.2, 0.25) is 0 Å². The van der Waals surface area contributed by atoms with E-state index < -0.39 is 6.10 Å². The lowest BCUT2D eigenvalue weighted by Gasteiger charge is -2.04. The minimum atomic E-state index is -0.527. The lowest BCUT2D eigenvalue weighted by Crippen LogP contribution is -2.07. The van der Waals surface area contributed by atoms with Gasteiger partial charge in [-0.3, -0.25) is 4.79 Å². The number of rotatable bonds is 14. The van der Waals surface area contributed by atoms with Crippen molar-refractivity contribution in [1.82, 2.24) is 0 Å². The summed E-state index contributed by atoms with van der Waals surface area (Å²) in [6.45, 7) is 8.81. The highest BCUT2D eigenvalue weighted by molar-refractivity contribution is 5.69. The van der Waals surface area contributed by atoms with Crippen LogP contribution in [0.25, 0.3) is 0 Å². The highest BCUT2D eigenvalue weighted by Gasteiger charge is 2.03. The molecule has 0 saturated carbocycles. The van der Waals surface area contributed by atoms with Gasteiger partial charge < -0.3 is 9.84 Å². The molecule has 0 spiro atoms. The van der Waals surface area contributed by atoms with Crippen LogP contribution in [0.1, 0.15) is 59.8 Å². The normalized spacial score (nSPS) is 16.2. The third kappa shape index (κ3) is 17.3. The Balaban J connectivity index is 3.95. The van der Waals surface area contributed by atoms with Crippen LogP contribution >= 0.6 is 0 Å². The molecule has 1 N–H and O–H groups in total. The Kier molecular flexibility index (Phi) is 16.3. The van der Waals surface area contributed by atoms with Gasteiger partial charge in [-0.2, -0.15) is 0 Å². The number of carbonyl (C=O) groups is 1. The van der Waals surface area contributed by atoms with Crippen LogP contribution in [-0.2, 0) is 9.53 Å². The summed E-state index contributed by atoms with van der Waals surface area (Å²) in [4.78, 5) is 11.2. The van der Waals surface area contributed by atoms with E-state index in [1.54, 1.807) is 13.0 Å². The quantitative estimate of drug-likeness (QED) is 0.302. The topological polar surface area (TPSA) is 46.5 Å². The molecule has 0 aliphatic heterocycles. The first-order chi connectivity index (χ1) is 13.0. The summed E-state index contributed by atoms with van der Waals surface area (Å²) in [5.41, 5.74) is 0. The summed E-state index contributed by atoms with van der Waals surface area (Å²) in [7, 11) is 0. The number of allylic oxidation sites excluding steroid dienone is 9. The van der Waals surface area contributed by atoms with E-state index >= 15 is 0 Å². The van der Waals surface area contributed by atoms with E-state index in [1.165, 1.54) is 6.42 Å². The lowest BCUT2D eigenvalue weighted by molar-refractivity contribution is -0.143. The molecule has 27 heavy (non-hydrogen) atoms. The van der Waals surface area contributed by atoms with Gasteiger partial charge in [-0.25, -0.2) is 0 Å². The first kappa shape index (κ1) is 25.1. The Morgan fingerprint density at radius 2 is 1.56 bits per heavy atom. The predicted octanol–water partition coefficient (Wildman–Crippen LogP) is 5.93. The zero-order chi connectivity index (χ0) is 20.3. The zero-order valence-corrected chi connectivity index (χ0v) is 17.5. The highest BCUT2D eigenvalue weighted by atomic mass is 16.5. The summed E-state index contributed by atoms with van der Waals surface area (Å²) in [5, 5.41) is 9.82. The van der Waals surface area contributed by atoms with Gasteiger partial charge in [-0.05, 0) is 38.0 Å². The maximum absolute atomic E-state index is 11.2. The van der Waals surface area contributed by atoms with E-state index in [0.717, 1.165) is 6.42 Å². The van der Waals surface area contributed by atoms with Crippen LogP contribution in [0.3, 0.4) is 0 Å². The van der Waals surface area contributed by atoms with Crippen LogP contribution in [0.15, 0.2) is 60.8 Å². The van der Waals surface area contributed by atoms with Gasteiger partial charge in [0.1, 0.15) is 0 Å². The van der Waals surface area contributed by atoms with Gasteiger partial charge in [0.05, 0.1) is 12.7 Å². The SMILES string of the molecule is CCOC(=O)CCC[C@H](O)\C=C/C=C/C=C/[C@H](C)C/C=C\C=C\[C@H](C)CC. The van der Waals surface area contributed by atoms with Crippen molar-refractivity contribution in [1.29, 1.82) is 0 Å². The van der Waals surface area contributed by atoms with E-state index in [2.05, 4.69) is 51.2 Å². The fourth-order valence-electron chi connectivity index (χ4n) is 2.20. The van der Waals surface area contributed by atoms with Crippen molar-refractivity contribution in [3.63, 3.8) is 0 Å². The molecule has 0 rings (SSSR count). The van der Waals surface area contributed by atoms with Crippen molar-refractivity contribution < 1.29 is 14.6 Å². The molecule has 0 amide bonds. The molecular weight excluding hydrogens is 336 g/mol. The minimum absolute atomic E-state index is 0.200. The van der Waals surface area contributed by atoms with Crippen LogP contribution in [0, 0.1) is 11.8 Å². The van der Waals surface area contributed by atoms with Crippen molar-refractivity contribution in [3.8, 4) is 0 Å². The van der Waals surface area contributed by atoms with Crippen LogP contribution in [0.5, 0.6) is 0 Å². The van der Waals surface area contributed by atoms with Crippen molar-refractivity contribution in [2.45, 2.75) is 65.9 Å². The second kappa shape index (κ2) is 17.5. The van der Waals surface area contributed by atoms with Crippen molar-refractivity contribution in [2.24, 2.45) is 11.8 Å². The van der Waals surface area contributed by atoms with E-state index in [9.17, 15) is 9.90 Å². The maximum Gasteiger partial charge on any atom is 0.305 e. The number of esters is 1. The van der Waals surface area contributed by atoms with Crippen molar-refractivity contribution >= 4 is 5.97 Å². The summed E-state index contributed by atoms with van der Waals surface area (Å²) >= 11 is 0. The van der Waals surface area contributed by atoms with E-state index in [4.69, 9.17) is 4.74 Å². The molecule has 0 bridgehead atoms. The molecular formula is C24H38O3. The molecule has 0 aromatic heterocycles. The smallest absolute Gasteiger partial charge is 0.305 e. The zero-order valence-electron chi connectivity index (χ0n) is 17.5. The Labute approximate surface area is 166 Å². The van der Waals surface area contributed by atoms with Crippen LogP contribution in [-0.4, -0.2) is 23.8 Å². The Bertz CT molecular complexity index is 512. The molecule has 3 nitrogen and oxygen atoms in total. The van der Waals surface area contributed by atoms with Gasteiger partial charge in [0.25, 0.3) is 0 Å². The standard InChI is InChI=1S/C24H38O3/c1-5-21(3)15-11-9-12-17-22(4)16-10-7-8-13-18-23(25)19-14-20-24(26)27-6-2/h7-13,15-16,18,21-23,25H,5-6,14,17,19-20H2,1-4H3/b8-7+,12-9-,15-11+,16-10+,18-13-/t21-,22+,23-/m1/s1. The summed E-state index contributed by atoms with van der Waals surface area (Å²) < 4.78 is 4.85. The third-order valence-electron chi connectivity index (χ3n) is 4.13. The number of aliphatic hydroxyl groups excluding tert-OH is 1. The molecule has 152 valence electrons. The van der Waals surface area contributed by atoms with Crippen molar-refractivity contribution in [3.05, 3.63) is 60.8 Å². The largest absolute Gasteiger partial charge is 0.466 e. The third-order valence-corrected chi connectivity index (χ3v) is 4.13. The van der Waals surface area contributed by atoms with E-state index in [-0.39, 0.29) is 5.97 Å². The van der Waals surface area contributed by atoms with Gasteiger partial charge in [-0.1, -0.05) is 88.0 Å². The molecule has 0 heterocycles. The second-order valence-corrected chi connectivity index (χ2v) is 6.83. The molecule has 0 fully saturated rings. The molecule has 0 aromatic rings. The van der Waals surface area contributed by atoms with E-state index in [0.29, 0.717) is 37.7 Å². The molecule has 0 aliphatic carbocycles. The first-order valence-corrected chi connectivity index (χ1v) is 10.2. The van der Waals surface area contributed by atoms with Gasteiger partial charge in [0.15, 0.2) is 0 Å². The van der Waals surface area contributed by atoms with Gasteiger partial charge in [0, 0.05) is 6.42 Å². The number of hydrogen-bond donors (Lipinski definition) is 1. The fourth-order valence-corrected chi connectivity index (χ4v) is 2.20. The van der Waals surface area contributed by atoms with Crippen molar-refractivity contribution in [2.75, 3.05) is 6.61 Å². The van der Waals surface area contributed by atoms with E-state index in [1.807, 2.05) is 24.3 Å². The number of aliphatic hydroxyl groups is 1. The fraction of sp³-hybridized carbons (Fsp3) is 0.542. The molecule has 0 aromatic carbocycles. The molecule has 0 radical (unpaired) electrons. The minimum Gasteiger partial charge on any atom is -0.466 e. The van der Waals surface area contributed by atoms with Gasteiger partial charge in [-0.15, -0.1) is 0 Å². The highest BCUT2D eigenvalue weighted by Crippen LogP contribution is 2.07. The average molecular weight is 375 g/mol. The Morgan fingerprint density at radius 3 is 2.22 bits per heavy atom. The predicted molar refractivity (Wildman–Crippen MR) is 115 cm³/mol. The summed E-state index contributed by atoms with van der Waals surface area (Å²) in [6, 6.07) is 0. The lowest BCUT2D eigenvalue weighted by atomic mass is 10.1. The number of hydrogen-bond acceptors (Lipinski definition) is 3. The Morgan fingerprint density at radius 1 is 0.926 bits per heavy atom. The Hall–Kier alpha value is -1.87. The number of ether oxygens (including phenoxy) is 1. The molecule has 0 aliphatic rings. The molecule has 0 saturated heterocycles. The molecule has 3 atom stereocenters. The van der Waals surface area contributed by atoms with Gasteiger partial charge >= 0.3 is 5.97 Å². The maximum atomic E-state index is 11.2. The van der Waals surface area contributed by atoms with Crippen LogP contribution < -0.4 is 0 Å². The average Bonchev–Trinajstić information content (AvgIpc) is 2.64. The first-order valence-electron chi connectivity index (χ1n) is 10.2. The summed E-state index contributed by atoms with van der Waals surface area (Å²) in [6.07, 6.45) is 23.6. The summed E-state index contributed by atoms with van der Waals surface area (Å²) in [5.74, 6) is 0.927.